The van der Waals surface area contributed by atoms with E-state index in [1.165, 1.54) is 6.26 Å². The molecule has 0 atom stereocenters. The summed E-state index contributed by atoms with van der Waals surface area (Å²) in [7, 11) is -3.22. The van der Waals surface area contributed by atoms with Gasteiger partial charge in [-0.1, -0.05) is 35.9 Å². The summed E-state index contributed by atoms with van der Waals surface area (Å²) in [5, 5.41) is 3.64. The van der Waals surface area contributed by atoms with Crippen molar-refractivity contribution in [3.63, 3.8) is 0 Å². The first-order valence-electron chi connectivity index (χ1n) is 7.08. The van der Waals surface area contributed by atoms with Crippen LogP contribution < -0.4 is 5.32 Å². The number of nitrogens with zero attached hydrogens (tertiary/aromatic N) is 2. The normalized spacial score (nSPS) is 11.2. The highest BCUT2D eigenvalue weighted by atomic mass is 35.5. The van der Waals surface area contributed by atoms with Crippen molar-refractivity contribution >= 4 is 33.1 Å². The highest BCUT2D eigenvalue weighted by molar-refractivity contribution is 7.90. The Balaban J connectivity index is 1.89. The zero-order valence-corrected chi connectivity index (χ0v) is 14.3. The molecular formula is C17H14ClN3O2S. The van der Waals surface area contributed by atoms with Crippen LogP contribution in [0.4, 0.5) is 11.6 Å². The van der Waals surface area contributed by atoms with E-state index < -0.39 is 9.84 Å². The molecule has 0 fully saturated rings. The molecule has 0 saturated carbocycles. The summed E-state index contributed by atoms with van der Waals surface area (Å²) in [6.45, 7) is 0. The van der Waals surface area contributed by atoms with Gasteiger partial charge >= 0.3 is 0 Å². The van der Waals surface area contributed by atoms with E-state index in [0.29, 0.717) is 22.4 Å². The fraction of sp³-hybridized carbons (Fsp3) is 0.0588. The SMILES string of the molecule is CS(=O)(=O)c1ccc(-c2ccnc(Nc3ccccc3Cl)n2)cc1. The van der Waals surface area contributed by atoms with Gasteiger partial charge < -0.3 is 5.32 Å². The molecule has 7 heteroatoms. The Hall–Kier alpha value is -2.44. The number of sulfone groups is 1. The van der Waals surface area contributed by atoms with Crippen LogP contribution in [0.5, 0.6) is 0 Å². The predicted octanol–water partition coefficient (Wildman–Crippen LogP) is 3.94. The first-order chi connectivity index (χ1) is 11.4. The number of hydrogen-bond acceptors (Lipinski definition) is 5. The van der Waals surface area contributed by atoms with Crippen molar-refractivity contribution in [1.29, 1.82) is 0 Å². The van der Waals surface area contributed by atoms with Crippen molar-refractivity contribution in [2.75, 3.05) is 11.6 Å². The molecule has 0 aliphatic carbocycles. The van der Waals surface area contributed by atoms with Gasteiger partial charge in [-0.2, -0.15) is 0 Å². The number of aromatic nitrogens is 2. The van der Waals surface area contributed by atoms with Gasteiger partial charge in [0.1, 0.15) is 0 Å². The first kappa shape index (κ1) is 16.4. The highest BCUT2D eigenvalue weighted by Crippen LogP contribution is 2.25. The van der Waals surface area contributed by atoms with Crippen molar-refractivity contribution in [3.8, 4) is 11.3 Å². The Kier molecular flexibility index (Phi) is 4.51. The Bertz CT molecular complexity index is 973. The minimum atomic E-state index is -3.22. The number of benzene rings is 2. The summed E-state index contributed by atoms with van der Waals surface area (Å²) in [4.78, 5) is 8.90. The van der Waals surface area contributed by atoms with Crippen LogP contribution in [0.1, 0.15) is 0 Å². The number of hydrogen-bond donors (Lipinski definition) is 1. The zero-order chi connectivity index (χ0) is 17.2. The predicted molar refractivity (Wildman–Crippen MR) is 95.3 cm³/mol. The third kappa shape index (κ3) is 3.72. The lowest BCUT2D eigenvalue weighted by Gasteiger charge is -2.08. The van der Waals surface area contributed by atoms with E-state index >= 15 is 0 Å². The third-order valence-electron chi connectivity index (χ3n) is 3.35. The molecule has 0 amide bonds. The number of nitrogens with one attached hydrogen (secondary N) is 1. The average Bonchev–Trinajstić information content (AvgIpc) is 2.57. The van der Waals surface area contributed by atoms with E-state index in [-0.39, 0.29) is 4.90 Å². The largest absolute Gasteiger partial charge is 0.323 e. The molecule has 122 valence electrons. The van der Waals surface area contributed by atoms with Crippen LogP contribution in [0.15, 0.2) is 65.7 Å². The Morgan fingerprint density at radius 3 is 2.38 bits per heavy atom. The van der Waals surface area contributed by atoms with Crippen LogP contribution in [0.25, 0.3) is 11.3 Å². The minimum absolute atomic E-state index is 0.273. The molecule has 0 radical (unpaired) electrons. The van der Waals surface area contributed by atoms with Crippen molar-refractivity contribution in [1.82, 2.24) is 9.97 Å². The van der Waals surface area contributed by atoms with Gasteiger partial charge in [-0.25, -0.2) is 18.4 Å². The molecule has 0 bridgehead atoms. The molecule has 0 spiro atoms. The molecule has 0 unspecified atom stereocenters. The first-order valence-corrected chi connectivity index (χ1v) is 9.35. The monoisotopic (exact) mass is 359 g/mol. The molecule has 5 nitrogen and oxygen atoms in total. The van der Waals surface area contributed by atoms with Crippen molar-refractivity contribution in [2.24, 2.45) is 0 Å². The Labute approximate surface area is 145 Å². The lowest BCUT2D eigenvalue weighted by Crippen LogP contribution is -1.99. The highest BCUT2D eigenvalue weighted by Gasteiger charge is 2.08. The lowest BCUT2D eigenvalue weighted by atomic mass is 10.1. The zero-order valence-electron chi connectivity index (χ0n) is 12.8. The van der Waals surface area contributed by atoms with E-state index in [1.807, 2.05) is 18.2 Å². The molecular weight excluding hydrogens is 346 g/mol. The molecule has 0 aliphatic heterocycles. The molecule has 24 heavy (non-hydrogen) atoms. The summed E-state index contributed by atoms with van der Waals surface area (Å²) >= 11 is 6.12. The van der Waals surface area contributed by atoms with Gasteiger partial charge in [0.05, 0.1) is 21.3 Å². The fourth-order valence-corrected chi connectivity index (χ4v) is 2.95. The minimum Gasteiger partial charge on any atom is -0.323 e. The van der Waals surface area contributed by atoms with E-state index in [0.717, 1.165) is 5.56 Å². The molecule has 0 saturated heterocycles. The maximum Gasteiger partial charge on any atom is 0.227 e. The van der Waals surface area contributed by atoms with Gasteiger partial charge in [0.2, 0.25) is 5.95 Å². The van der Waals surface area contributed by atoms with Crippen LogP contribution in [0.3, 0.4) is 0 Å². The quantitative estimate of drug-likeness (QED) is 0.763. The summed E-state index contributed by atoms with van der Waals surface area (Å²) in [5.74, 6) is 0.410. The lowest BCUT2D eigenvalue weighted by molar-refractivity contribution is 0.602. The maximum absolute atomic E-state index is 11.5. The standard InChI is InChI=1S/C17H14ClN3O2S/c1-24(22,23)13-8-6-12(7-9-13)15-10-11-19-17(20-15)21-16-5-3-2-4-14(16)18/h2-11H,1H3,(H,19,20,21). The number of anilines is 2. The molecule has 0 aliphatic rings. The second-order valence-corrected chi connectivity index (χ2v) is 7.59. The molecule has 3 rings (SSSR count). The summed E-state index contributed by atoms with van der Waals surface area (Å²) in [6.07, 6.45) is 2.81. The summed E-state index contributed by atoms with van der Waals surface area (Å²) in [6, 6.07) is 15.6. The molecule has 2 aromatic carbocycles. The van der Waals surface area contributed by atoms with Gasteiger partial charge in [0.25, 0.3) is 0 Å². The van der Waals surface area contributed by atoms with Crippen LogP contribution in [-0.4, -0.2) is 24.6 Å². The van der Waals surface area contributed by atoms with Crippen LogP contribution >= 0.6 is 11.6 Å². The van der Waals surface area contributed by atoms with Gasteiger partial charge in [-0.3, -0.25) is 0 Å². The third-order valence-corrected chi connectivity index (χ3v) is 4.81. The average molecular weight is 360 g/mol. The maximum atomic E-state index is 11.5. The van der Waals surface area contributed by atoms with E-state index in [1.54, 1.807) is 42.6 Å². The summed E-state index contributed by atoms with van der Waals surface area (Å²) in [5.41, 5.74) is 2.19. The molecule has 3 aromatic rings. The van der Waals surface area contributed by atoms with Crippen LogP contribution in [0, 0.1) is 0 Å². The van der Waals surface area contributed by atoms with Crippen molar-refractivity contribution < 1.29 is 8.42 Å². The molecule has 1 N–H and O–H groups in total. The van der Waals surface area contributed by atoms with Crippen molar-refractivity contribution in [3.05, 3.63) is 65.8 Å². The van der Waals surface area contributed by atoms with Gasteiger partial charge in [0.15, 0.2) is 9.84 Å². The second-order valence-electron chi connectivity index (χ2n) is 5.17. The second kappa shape index (κ2) is 6.59. The number of rotatable bonds is 4. The van der Waals surface area contributed by atoms with E-state index in [2.05, 4.69) is 15.3 Å². The van der Waals surface area contributed by atoms with Crippen molar-refractivity contribution in [2.45, 2.75) is 4.90 Å². The Morgan fingerprint density at radius 2 is 1.71 bits per heavy atom. The number of halogens is 1. The smallest absolute Gasteiger partial charge is 0.227 e. The topological polar surface area (TPSA) is 72.0 Å². The van der Waals surface area contributed by atoms with Gasteiger partial charge in [-0.05, 0) is 30.3 Å². The van der Waals surface area contributed by atoms with Crippen LogP contribution in [0.2, 0.25) is 5.02 Å². The van der Waals surface area contributed by atoms with Gasteiger partial charge in [-0.15, -0.1) is 0 Å². The Morgan fingerprint density at radius 1 is 1.00 bits per heavy atom. The van der Waals surface area contributed by atoms with E-state index in [9.17, 15) is 8.42 Å². The molecule has 1 aromatic heterocycles. The number of para-hydroxylation sites is 1. The fourth-order valence-electron chi connectivity index (χ4n) is 2.14. The van der Waals surface area contributed by atoms with Crippen LogP contribution in [-0.2, 0) is 9.84 Å². The van der Waals surface area contributed by atoms with E-state index in [4.69, 9.17) is 11.6 Å². The van der Waals surface area contributed by atoms with Gasteiger partial charge in [0, 0.05) is 18.0 Å². The molecule has 1 heterocycles. The summed E-state index contributed by atoms with van der Waals surface area (Å²) < 4.78 is 23.0.